The number of benzene rings is 1. The van der Waals surface area contributed by atoms with Crippen LogP contribution in [0.4, 0.5) is 0 Å². The average Bonchev–Trinajstić information content (AvgIpc) is 2.68. The SMILES string of the molecule is O=C(NCCSc1ccccc1)C(c1cccnc1)N1CCOCC1. The fraction of sp³-hybridized carbons (Fsp3) is 0.368. The zero-order valence-corrected chi connectivity index (χ0v) is 15.0. The molecule has 0 radical (unpaired) electrons. The molecule has 1 aromatic carbocycles. The second-order valence-electron chi connectivity index (χ2n) is 5.79. The van der Waals surface area contributed by atoms with E-state index in [1.807, 2.05) is 30.3 Å². The van der Waals surface area contributed by atoms with E-state index >= 15 is 0 Å². The molecule has 5 nitrogen and oxygen atoms in total. The Kier molecular flexibility index (Phi) is 6.85. The van der Waals surface area contributed by atoms with E-state index in [1.165, 1.54) is 4.90 Å². The van der Waals surface area contributed by atoms with E-state index in [1.54, 1.807) is 24.2 Å². The second kappa shape index (κ2) is 9.56. The smallest absolute Gasteiger partial charge is 0.242 e. The average molecular weight is 357 g/mol. The van der Waals surface area contributed by atoms with Gasteiger partial charge in [-0.2, -0.15) is 0 Å². The predicted molar refractivity (Wildman–Crippen MR) is 99.5 cm³/mol. The third-order valence-electron chi connectivity index (χ3n) is 4.07. The van der Waals surface area contributed by atoms with Gasteiger partial charge in [-0.05, 0) is 23.8 Å². The Morgan fingerprint density at radius 2 is 2.00 bits per heavy atom. The zero-order valence-electron chi connectivity index (χ0n) is 14.1. The maximum Gasteiger partial charge on any atom is 0.242 e. The first-order valence-corrected chi connectivity index (χ1v) is 9.50. The lowest BCUT2D eigenvalue weighted by molar-refractivity contribution is -0.128. The molecule has 1 saturated heterocycles. The molecule has 6 heteroatoms. The highest BCUT2D eigenvalue weighted by atomic mass is 32.2. The Balaban J connectivity index is 1.57. The van der Waals surface area contributed by atoms with Gasteiger partial charge in [-0.1, -0.05) is 24.3 Å². The molecule has 1 unspecified atom stereocenters. The highest BCUT2D eigenvalue weighted by molar-refractivity contribution is 7.99. The van der Waals surface area contributed by atoms with E-state index in [0.717, 1.165) is 24.4 Å². The maximum absolute atomic E-state index is 12.8. The summed E-state index contributed by atoms with van der Waals surface area (Å²) in [6.07, 6.45) is 3.51. The van der Waals surface area contributed by atoms with Crippen molar-refractivity contribution in [3.63, 3.8) is 0 Å². The van der Waals surface area contributed by atoms with E-state index in [4.69, 9.17) is 4.74 Å². The lowest BCUT2D eigenvalue weighted by atomic mass is 10.1. The van der Waals surface area contributed by atoms with Crippen LogP contribution in [0.1, 0.15) is 11.6 Å². The van der Waals surface area contributed by atoms with Gasteiger partial charge in [0.05, 0.1) is 13.2 Å². The van der Waals surface area contributed by atoms with Gasteiger partial charge >= 0.3 is 0 Å². The number of aromatic nitrogens is 1. The molecular formula is C19H23N3O2S. The van der Waals surface area contributed by atoms with Gasteiger partial charge in [0.25, 0.3) is 0 Å². The highest BCUT2D eigenvalue weighted by Gasteiger charge is 2.28. The molecule has 0 aliphatic carbocycles. The fourth-order valence-corrected chi connectivity index (χ4v) is 3.65. The number of ether oxygens (including phenoxy) is 1. The molecule has 1 aliphatic rings. The molecule has 1 aromatic heterocycles. The molecule has 0 bridgehead atoms. The fourth-order valence-electron chi connectivity index (χ4n) is 2.86. The molecule has 3 rings (SSSR count). The summed E-state index contributed by atoms with van der Waals surface area (Å²) in [5.74, 6) is 0.877. The number of rotatable bonds is 7. The molecule has 132 valence electrons. The van der Waals surface area contributed by atoms with Crippen LogP contribution in [-0.2, 0) is 9.53 Å². The molecule has 1 fully saturated rings. The van der Waals surface area contributed by atoms with Gasteiger partial charge < -0.3 is 10.1 Å². The summed E-state index contributed by atoms with van der Waals surface area (Å²) in [6, 6.07) is 13.8. The standard InChI is InChI=1S/C19H23N3O2S/c23-19(21-9-14-25-17-6-2-1-3-7-17)18(16-5-4-8-20-15-16)22-10-12-24-13-11-22/h1-8,15,18H,9-14H2,(H,21,23). The third-order valence-corrected chi connectivity index (χ3v) is 5.09. The summed E-state index contributed by atoms with van der Waals surface area (Å²) in [5.41, 5.74) is 0.928. The summed E-state index contributed by atoms with van der Waals surface area (Å²) in [7, 11) is 0. The number of hydrogen-bond donors (Lipinski definition) is 1. The van der Waals surface area contributed by atoms with Crippen molar-refractivity contribution in [2.24, 2.45) is 0 Å². The van der Waals surface area contributed by atoms with Crippen molar-refractivity contribution in [2.75, 3.05) is 38.6 Å². The lowest BCUT2D eigenvalue weighted by Crippen LogP contribution is -2.46. The molecule has 0 saturated carbocycles. The molecule has 1 amide bonds. The zero-order chi connectivity index (χ0) is 17.3. The van der Waals surface area contributed by atoms with Crippen LogP contribution < -0.4 is 5.32 Å². The Labute approximate surface area is 152 Å². The first kappa shape index (κ1) is 17.9. The van der Waals surface area contributed by atoms with Crippen LogP contribution >= 0.6 is 11.8 Å². The molecule has 2 aromatic rings. The Hall–Kier alpha value is -1.89. The minimum Gasteiger partial charge on any atom is -0.379 e. The van der Waals surface area contributed by atoms with Crippen LogP contribution in [0.2, 0.25) is 0 Å². The molecule has 0 spiro atoms. The molecule has 1 aliphatic heterocycles. The van der Waals surface area contributed by atoms with E-state index in [-0.39, 0.29) is 11.9 Å². The number of morpholine rings is 1. The quantitative estimate of drug-likeness (QED) is 0.609. The van der Waals surface area contributed by atoms with Gasteiger partial charge in [-0.15, -0.1) is 11.8 Å². The minimum atomic E-state index is -0.306. The van der Waals surface area contributed by atoms with Gasteiger partial charge in [0.15, 0.2) is 0 Å². The van der Waals surface area contributed by atoms with Crippen LogP contribution in [0.15, 0.2) is 59.8 Å². The van der Waals surface area contributed by atoms with E-state index in [9.17, 15) is 4.79 Å². The van der Waals surface area contributed by atoms with Gasteiger partial charge in [0.1, 0.15) is 6.04 Å². The van der Waals surface area contributed by atoms with Gasteiger partial charge in [-0.25, -0.2) is 0 Å². The number of carbonyl (C=O) groups excluding carboxylic acids is 1. The Bertz CT molecular complexity index is 648. The number of pyridine rings is 1. The summed E-state index contributed by atoms with van der Waals surface area (Å²) in [5, 5.41) is 3.08. The number of amides is 1. The first-order valence-electron chi connectivity index (χ1n) is 8.52. The second-order valence-corrected chi connectivity index (χ2v) is 6.96. The van der Waals surface area contributed by atoms with E-state index < -0.39 is 0 Å². The van der Waals surface area contributed by atoms with Gasteiger partial charge in [0.2, 0.25) is 5.91 Å². The summed E-state index contributed by atoms with van der Waals surface area (Å²) in [4.78, 5) is 20.4. The number of thioether (sulfide) groups is 1. The third kappa shape index (κ3) is 5.29. The monoisotopic (exact) mass is 357 g/mol. The summed E-state index contributed by atoms with van der Waals surface area (Å²) >= 11 is 1.74. The minimum absolute atomic E-state index is 0.0311. The van der Waals surface area contributed by atoms with Crippen molar-refractivity contribution in [1.29, 1.82) is 0 Å². The van der Waals surface area contributed by atoms with Crippen molar-refractivity contribution in [3.8, 4) is 0 Å². The largest absolute Gasteiger partial charge is 0.379 e. The summed E-state index contributed by atoms with van der Waals surface area (Å²) in [6.45, 7) is 3.47. The molecule has 25 heavy (non-hydrogen) atoms. The lowest BCUT2D eigenvalue weighted by Gasteiger charge is -2.33. The van der Waals surface area contributed by atoms with Crippen molar-refractivity contribution in [2.45, 2.75) is 10.9 Å². The molecule has 1 atom stereocenters. The number of nitrogens with zero attached hydrogens (tertiary/aromatic N) is 2. The van der Waals surface area contributed by atoms with Gasteiger partial charge in [-0.3, -0.25) is 14.7 Å². The molecule has 2 heterocycles. The number of carbonyl (C=O) groups is 1. The Morgan fingerprint density at radius 1 is 1.20 bits per heavy atom. The number of nitrogens with one attached hydrogen (secondary N) is 1. The van der Waals surface area contributed by atoms with Crippen LogP contribution in [-0.4, -0.2) is 54.4 Å². The molecule has 1 N–H and O–H groups in total. The van der Waals surface area contributed by atoms with Crippen LogP contribution in [0.3, 0.4) is 0 Å². The van der Waals surface area contributed by atoms with Crippen molar-refractivity contribution >= 4 is 17.7 Å². The summed E-state index contributed by atoms with van der Waals surface area (Å²) < 4.78 is 5.42. The van der Waals surface area contributed by atoms with Gasteiger partial charge in [0, 0.05) is 42.7 Å². The van der Waals surface area contributed by atoms with Crippen LogP contribution in [0, 0.1) is 0 Å². The first-order chi connectivity index (χ1) is 12.3. The van der Waals surface area contributed by atoms with E-state index in [0.29, 0.717) is 19.8 Å². The number of hydrogen-bond acceptors (Lipinski definition) is 5. The molecular weight excluding hydrogens is 334 g/mol. The normalized spacial score (nSPS) is 16.3. The maximum atomic E-state index is 12.8. The topological polar surface area (TPSA) is 54.5 Å². The highest BCUT2D eigenvalue weighted by Crippen LogP contribution is 2.22. The Morgan fingerprint density at radius 3 is 2.72 bits per heavy atom. The predicted octanol–water partition coefficient (Wildman–Crippen LogP) is 2.36. The van der Waals surface area contributed by atoms with E-state index in [2.05, 4.69) is 27.3 Å². The van der Waals surface area contributed by atoms with Crippen molar-refractivity contribution < 1.29 is 9.53 Å². The van der Waals surface area contributed by atoms with Crippen molar-refractivity contribution in [3.05, 3.63) is 60.4 Å². The van der Waals surface area contributed by atoms with Crippen LogP contribution in [0.5, 0.6) is 0 Å². The van der Waals surface area contributed by atoms with Crippen molar-refractivity contribution in [1.82, 2.24) is 15.2 Å². The van der Waals surface area contributed by atoms with Crippen LogP contribution in [0.25, 0.3) is 0 Å².